The molecule has 0 aromatic carbocycles. The van der Waals surface area contributed by atoms with Gasteiger partial charge in [-0.1, -0.05) is 0 Å². The Kier molecular flexibility index (Phi) is 5.92. The lowest BCUT2D eigenvalue weighted by Gasteiger charge is -2.44. The molecule has 0 saturated carbocycles. The normalized spacial score (nSPS) is 23.0. The Morgan fingerprint density at radius 1 is 1.37 bits per heavy atom. The third-order valence-electron chi connectivity index (χ3n) is 6.45. The first-order chi connectivity index (χ1) is 14.4. The Morgan fingerprint density at radius 3 is 2.83 bits per heavy atom. The fourth-order valence-electron chi connectivity index (χ4n) is 4.70. The average molecular weight is 418 g/mol. The van der Waals surface area contributed by atoms with Crippen molar-refractivity contribution in [1.82, 2.24) is 19.8 Å². The molecule has 4 rings (SSSR count). The van der Waals surface area contributed by atoms with E-state index in [1.54, 1.807) is 12.0 Å². The number of hydrogen-bond acceptors (Lipinski definition) is 7. The number of ether oxygens (including phenoxy) is 2. The van der Waals surface area contributed by atoms with Crippen LogP contribution in [0, 0.1) is 5.92 Å². The van der Waals surface area contributed by atoms with E-state index >= 15 is 0 Å². The molecule has 1 unspecified atom stereocenters. The fourth-order valence-corrected chi connectivity index (χ4v) is 4.70. The van der Waals surface area contributed by atoms with Crippen molar-refractivity contribution in [2.75, 3.05) is 65.5 Å². The van der Waals surface area contributed by atoms with Gasteiger partial charge in [-0.2, -0.15) is 0 Å². The molecule has 4 heterocycles. The number of likely N-dealkylation sites (tertiary alicyclic amines) is 2. The number of amides is 2. The predicted molar refractivity (Wildman–Crippen MR) is 110 cm³/mol. The SMILES string of the molecule is COCCN1CC(C(=O)N2CCC3(CC2)OCCc2cnc(N(C)C)nc23)CC1=O. The molecule has 0 N–H and O–H groups in total. The Morgan fingerprint density at radius 2 is 2.13 bits per heavy atom. The molecule has 1 aromatic rings. The van der Waals surface area contributed by atoms with Crippen LogP contribution in [0.1, 0.15) is 30.5 Å². The molecule has 1 aromatic heterocycles. The minimum absolute atomic E-state index is 0.0383. The topological polar surface area (TPSA) is 88.1 Å². The van der Waals surface area contributed by atoms with Crippen LogP contribution in [-0.2, 0) is 31.1 Å². The fraction of sp³-hybridized carbons (Fsp3) is 0.714. The van der Waals surface area contributed by atoms with Crippen LogP contribution in [-0.4, -0.2) is 92.2 Å². The Labute approximate surface area is 177 Å². The zero-order chi connectivity index (χ0) is 21.3. The molecule has 30 heavy (non-hydrogen) atoms. The summed E-state index contributed by atoms with van der Waals surface area (Å²) < 4.78 is 11.3. The number of carbonyl (C=O) groups excluding carboxylic acids is 2. The van der Waals surface area contributed by atoms with E-state index in [-0.39, 0.29) is 17.7 Å². The van der Waals surface area contributed by atoms with Gasteiger partial charge in [0.15, 0.2) is 0 Å². The summed E-state index contributed by atoms with van der Waals surface area (Å²) in [5, 5.41) is 0. The number of fused-ring (bicyclic) bond motifs is 2. The molecule has 0 radical (unpaired) electrons. The van der Waals surface area contributed by atoms with Crippen molar-refractivity contribution in [2.45, 2.75) is 31.3 Å². The van der Waals surface area contributed by atoms with E-state index in [1.807, 2.05) is 30.1 Å². The van der Waals surface area contributed by atoms with Crippen molar-refractivity contribution in [3.8, 4) is 0 Å². The molecule has 164 valence electrons. The summed E-state index contributed by atoms with van der Waals surface area (Å²) >= 11 is 0. The van der Waals surface area contributed by atoms with Crippen LogP contribution in [0.4, 0.5) is 5.95 Å². The third-order valence-corrected chi connectivity index (χ3v) is 6.45. The summed E-state index contributed by atoms with van der Waals surface area (Å²) in [6.45, 7) is 3.40. The highest BCUT2D eigenvalue weighted by molar-refractivity contribution is 5.89. The van der Waals surface area contributed by atoms with Crippen LogP contribution in [0.2, 0.25) is 0 Å². The lowest BCUT2D eigenvalue weighted by Crippen LogP contribution is -2.50. The first kappa shape index (κ1) is 21.0. The zero-order valence-corrected chi connectivity index (χ0v) is 18.1. The predicted octanol–water partition coefficient (Wildman–Crippen LogP) is 0.428. The van der Waals surface area contributed by atoms with E-state index in [0.717, 1.165) is 17.7 Å². The van der Waals surface area contributed by atoms with E-state index in [4.69, 9.17) is 14.5 Å². The number of anilines is 1. The first-order valence-electron chi connectivity index (χ1n) is 10.7. The van der Waals surface area contributed by atoms with Crippen molar-refractivity contribution in [3.05, 3.63) is 17.5 Å². The van der Waals surface area contributed by atoms with Crippen molar-refractivity contribution in [1.29, 1.82) is 0 Å². The summed E-state index contributed by atoms with van der Waals surface area (Å²) in [6, 6.07) is 0. The van der Waals surface area contributed by atoms with Crippen LogP contribution < -0.4 is 4.90 Å². The molecule has 2 fully saturated rings. The van der Waals surface area contributed by atoms with Crippen LogP contribution >= 0.6 is 0 Å². The maximum absolute atomic E-state index is 13.1. The summed E-state index contributed by atoms with van der Waals surface area (Å²) in [4.78, 5) is 40.1. The second kappa shape index (κ2) is 8.47. The largest absolute Gasteiger partial charge is 0.383 e. The molecular formula is C21H31N5O4. The average Bonchev–Trinajstić information content (AvgIpc) is 3.13. The third kappa shape index (κ3) is 3.88. The Balaban J connectivity index is 1.43. The van der Waals surface area contributed by atoms with Gasteiger partial charge < -0.3 is 24.2 Å². The number of nitrogens with zero attached hydrogens (tertiary/aromatic N) is 5. The Bertz CT molecular complexity index is 807. The van der Waals surface area contributed by atoms with Crippen molar-refractivity contribution in [2.24, 2.45) is 5.92 Å². The second-order valence-electron chi connectivity index (χ2n) is 8.59. The maximum atomic E-state index is 13.1. The van der Waals surface area contributed by atoms with Crippen molar-refractivity contribution < 1.29 is 19.1 Å². The standard InChI is InChI=1S/C21H31N5O4/c1-24(2)20-22-13-15-4-10-30-21(18(15)23-20)5-7-25(8-6-21)19(28)16-12-17(27)26(14-16)9-11-29-3/h13,16H,4-12,14H2,1-3H3. The maximum Gasteiger partial charge on any atom is 0.227 e. The van der Waals surface area contributed by atoms with Gasteiger partial charge in [0.1, 0.15) is 5.60 Å². The molecule has 1 spiro atoms. The Hall–Kier alpha value is -2.26. The highest BCUT2D eigenvalue weighted by atomic mass is 16.5. The first-order valence-corrected chi connectivity index (χ1v) is 10.7. The van der Waals surface area contributed by atoms with Gasteiger partial charge in [-0.25, -0.2) is 9.97 Å². The van der Waals surface area contributed by atoms with Crippen LogP contribution in [0.3, 0.4) is 0 Å². The highest BCUT2D eigenvalue weighted by Crippen LogP contribution is 2.41. The van der Waals surface area contributed by atoms with Crippen LogP contribution in [0.5, 0.6) is 0 Å². The van der Waals surface area contributed by atoms with E-state index in [2.05, 4.69) is 4.98 Å². The van der Waals surface area contributed by atoms with Gasteiger partial charge in [0, 0.05) is 60.0 Å². The van der Waals surface area contributed by atoms with Crippen molar-refractivity contribution >= 4 is 17.8 Å². The monoisotopic (exact) mass is 417 g/mol. The van der Waals surface area contributed by atoms with Gasteiger partial charge in [0.25, 0.3) is 0 Å². The molecule has 0 aliphatic carbocycles. The molecule has 9 heteroatoms. The smallest absolute Gasteiger partial charge is 0.227 e. The van der Waals surface area contributed by atoms with Gasteiger partial charge in [0.05, 0.1) is 24.8 Å². The quantitative estimate of drug-likeness (QED) is 0.686. The van der Waals surface area contributed by atoms with Crippen molar-refractivity contribution in [3.63, 3.8) is 0 Å². The zero-order valence-electron chi connectivity index (χ0n) is 18.1. The van der Waals surface area contributed by atoms with Gasteiger partial charge in [-0.15, -0.1) is 0 Å². The lowest BCUT2D eigenvalue weighted by atomic mass is 9.83. The van der Waals surface area contributed by atoms with Crippen LogP contribution in [0.15, 0.2) is 6.20 Å². The molecule has 2 amide bonds. The highest BCUT2D eigenvalue weighted by Gasteiger charge is 2.45. The van der Waals surface area contributed by atoms with Gasteiger partial charge in [-0.05, 0) is 24.8 Å². The van der Waals surface area contributed by atoms with Gasteiger partial charge in [-0.3, -0.25) is 9.59 Å². The minimum Gasteiger partial charge on any atom is -0.383 e. The molecule has 3 aliphatic rings. The number of methoxy groups -OCH3 is 1. The molecule has 1 atom stereocenters. The number of hydrogen-bond donors (Lipinski definition) is 0. The van der Waals surface area contributed by atoms with Crippen LogP contribution in [0.25, 0.3) is 0 Å². The summed E-state index contributed by atoms with van der Waals surface area (Å²) in [7, 11) is 5.47. The van der Waals surface area contributed by atoms with E-state index in [0.29, 0.717) is 64.6 Å². The van der Waals surface area contributed by atoms with Gasteiger partial charge >= 0.3 is 0 Å². The number of piperidine rings is 1. The number of rotatable bonds is 5. The summed E-state index contributed by atoms with van der Waals surface area (Å²) in [5.41, 5.74) is 1.66. The van der Waals surface area contributed by atoms with Gasteiger partial charge in [0.2, 0.25) is 17.8 Å². The van der Waals surface area contributed by atoms with E-state index in [9.17, 15) is 9.59 Å². The molecule has 2 saturated heterocycles. The molecule has 0 bridgehead atoms. The number of carbonyl (C=O) groups is 2. The summed E-state index contributed by atoms with van der Waals surface area (Å²) in [6.07, 6.45) is 4.45. The minimum atomic E-state index is -0.450. The lowest BCUT2D eigenvalue weighted by molar-refractivity contribution is -0.145. The second-order valence-corrected chi connectivity index (χ2v) is 8.59. The molecule has 9 nitrogen and oxygen atoms in total. The summed E-state index contributed by atoms with van der Waals surface area (Å²) in [5.74, 6) is 0.533. The molecular weight excluding hydrogens is 386 g/mol. The molecule has 3 aliphatic heterocycles. The number of aromatic nitrogens is 2. The van der Waals surface area contributed by atoms with E-state index < -0.39 is 5.60 Å². The van der Waals surface area contributed by atoms with E-state index in [1.165, 1.54) is 0 Å².